The van der Waals surface area contributed by atoms with Gasteiger partial charge in [-0.15, -0.1) is 11.3 Å². The summed E-state index contributed by atoms with van der Waals surface area (Å²) in [5, 5.41) is 7.47. The van der Waals surface area contributed by atoms with Gasteiger partial charge in [-0.2, -0.15) is 0 Å². The maximum atomic E-state index is 12.5. The molecule has 118 valence electrons. The number of anilines is 1. The van der Waals surface area contributed by atoms with Crippen molar-refractivity contribution in [3.05, 3.63) is 53.0 Å². The van der Waals surface area contributed by atoms with Crippen molar-refractivity contribution in [2.45, 2.75) is 13.5 Å². The zero-order valence-corrected chi connectivity index (χ0v) is 13.7. The first-order valence-electron chi connectivity index (χ1n) is 7.34. The monoisotopic (exact) mass is 327 g/mol. The molecule has 6 heteroatoms. The first kappa shape index (κ1) is 15.3. The Bertz CT molecular complexity index is 862. The van der Waals surface area contributed by atoms with Gasteiger partial charge in [0.25, 0.3) is 11.8 Å². The van der Waals surface area contributed by atoms with Crippen molar-refractivity contribution in [2.75, 3.05) is 12.4 Å². The van der Waals surface area contributed by atoms with Crippen LogP contribution in [0.2, 0.25) is 0 Å². The van der Waals surface area contributed by atoms with Gasteiger partial charge in [-0.3, -0.25) is 9.59 Å². The lowest BCUT2D eigenvalue weighted by atomic mass is 10.2. The minimum Gasteiger partial charge on any atom is -0.355 e. The molecule has 1 aromatic carbocycles. The number of benzene rings is 1. The van der Waals surface area contributed by atoms with Gasteiger partial charge in [-0.25, -0.2) is 0 Å². The second-order valence-electron chi connectivity index (χ2n) is 5.05. The van der Waals surface area contributed by atoms with Gasteiger partial charge in [0.1, 0.15) is 5.69 Å². The van der Waals surface area contributed by atoms with Crippen LogP contribution in [-0.4, -0.2) is 23.4 Å². The van der Waals surface area contributed by atoms with Crippen molar-refractivity contribution in [1.82, 2.24) is 9.88 Å². The normalized spacial score (nSPS) is 10.7. The fraction of sp³-hybridized carbons (Fsp3) is 0.176. The molecule has 0 unspecified atom stereocenters. The molecule has 0 spiro atoms. The predicted octanol–water partition coefficient (Wildman–Crippen LogP) is 3.33. The average Bonchev–Trinajstić information content (AvgIpc) is 3.15. The maximum absolute atomic E-state index is 12.5. The van der Waals surface area contributed by atoms with Crippen molar-refractivity contribution in [1.29, 1.82) is 0 Å². The van der Waals surface area contributed by atoms with Gasteiger partial charge >= 0.3 is 0 Å². The van der Waals surface area contributed by atoms with E-state index in [4.69, 9.17) is 0 Å². The van der Waals surface area contributed by atoms with Crippen LogP contribution in [0.1, 0.15) is 27.8 Å². The fourth-order valence-electron chi connectivity index (χ4n) is 2.55. The summed E-state index contributed by atoms with van der Waals surface area (Å²) >= 11 is 1.62. The smallest absolute Gasteiger partial charge is 0.272 e. The number of carbonyl (C=O) groups excluding carboxylic acids is 2. The molecule has 0 aliphatic carbocycles. The van der Waals surface area contributed by atoms with Crippen LogP contribution < -0.4 is 10.6 Å². The fourth-order valence-corrected chi connectivity index (χ4v) is 3.37. The number of aromatic nitrogens is 1. The number of aryl methyl sites for hydroxylation is 1. The van der Waals surface area contributed by atoms with Gasteiger partial charge in [-0.1, -0.05) is 0 Å². The molecule has 0 fully saturated rings. The Morgan fingerprint density at radius 3 is 2.52 bits per heavy atom. The minimum absolute atomic E-state index is 0.150. The second kappa shape index (κ2) is 6.26. The Balaban J connectivity index is 1.83. The highest BCUT2D eigenvalue weighted by Gasteiger charge is 2.15. The highest BCUT2D eigenvalue weighted by molar-refractivity contribution is 7.17. The zero-order chi connectivity index (χ0) is 16.4. The summed E-state index contributed by atoms with van der Waals surface area (Å²) in [5.74, 6) is -0.300. The number of thiophene rings is 1. The second-order valence-corrected chi connectivity index (χ2v) is 6.00. The number of carbonyl (C=O) groups is 2. The molecule has 0 saturated heterocycles. The van der Waals surface area contributed by atoms with Crippen LogP contribution in [0.3, 0.4) is 0 Å². The molecule has 0 aliphatic rings. The lowest BCUT2D eigenvalue weighted by molar-refractivity contribution is 0.0962. The molecular weight excluding hydrogens is 310 g/mol. The van der Waals surface area contributed by atoms with Gasteiger partial charge in [0, 0.05) is 24.8 Å². The highest BCUT2D eigenvalue weighted by atomic mass is 32.1. The molecule has 3 aromatic rings. The molecule has 2 amide bonds. The van der Waals surface area contributed by atoms with E-state index in [0.717, 1.165) is 16.8 Å². The van der Waals surface area contributed by atoms with Crippen LogP contribution in [-0.2, 0) is 6.54 Å². The molecule has 3 rings (SSSR count). The number of fused-ring (bicyclic) bond motifs is 1. The molecule has 0 bridgehead atoms. The van der Waals surface area contributed by atoms with E-state index in [9.17, 15) is 9.59 Å². The molecule has 0 saturated carbocycles. The Hall–Kier alpha value is -2.60. The van der Waals surface area contributed by atoms with Gasteiger partial charge < -0.3 is 15.2 Å². The predicted molar refractivity (Wildman–Crippen MR) is 93.3 cm³/mol. The standard InChI is InChI=1S/C17H17N3O2S/c1-3-20-13-8-9-23-15(13)10-14(20)17(22)19-12-6-4-11(5-7-12)16(21)18-2/h4-10H,3H2,1-2H3,(H,18,21)(H,19,22). The highest BCUT2D eigenvalue weighted by Crippen LogP contribution is 2.25. The third kappa shape index (κ3) is 2.85. The summed E-state index contributed by atoms with van der Waals surface area (Å²) < 4.78 is 3.10. The summed E-state index contributed by atoms with van der Waals surface area (Å²) in [6.07, 6.45) is 0. The molecular formula is C17H17N3O2S. The number of hydrogen-bond acceptors (Lipinski definition) is 3. The van der Waals surface area contributed by atoms with Crippen molar-refractivity contribution in [3.8, 4) is 0 Å². The first-order valence-corrected chi connectivity index (χ1v) is 8.22. The zero-order valence-electron chi connectivity index (χ0n) is 12.9. The number of hydrogen-bond donors (Lipinski definition) is 2. The Morgan fingerprint density at radius 2 is 1.87 bits per heavy atom. The third-order valence-corrected chi connectivity index (χ3v) is 4.56. The Kier molecular flexibility index (Phi) is 4.16. The van der Waals surface area contributed by atoms with E-state index in [1.165, 1.54) is 0 Å². The van der Waals surface area contributed by atoms with Gasteiger partial charge in [0.2, 0.25) is 0 Å². The molecule has 2 N–H and O–H groups in total. The molecule has 0 radical (unpaired) electrons. The summed E-state index contributed by atoms with van der Waals surface area (Å²) in [7, 11) is 1.59. The molecule has 0 aliphatic heterocycles. The van der Waals surface area contributed by atoms with Gasteiger partial charge in [0.05, 0.1) is 10.2 Å². The Labute approximate surface area is 137 Å². The molecule has 2 heterocycles. The van der Waals surface area contributed by atoms with Crippen LogP contribution in [0.5, 0.6) is 0 Å². The molecule has 23 heavy (non-hydrogen) atoms. The summed E-state index contributed by atoms with van der Waals surface area (Å²) in [6, 6.07) is 10.8. The largest absolute Gasteiger partial charge is 0.355 e. The third-order valence-electron chi connectivity index (χ3n) is 3.70. The quantitative estimate of drug-likeness (QED) is 0.772. The summed E-state index contributed by atoms with van der Waals surface area (Å²) in [6.45, 7) is 2.75. The van der Waals surface area contributed by atoms with Crippen LogP contribution in [0.4, 0.5) is 5.69 Å². The van der Waals surface area contributed by atoms with Crippen molar-refractivity contribution >= 4 is 39.1 Å². The van der Waals surface area contributed by atoms with Gasteiger partial charge in [-0.05, 0) is 48.7 Å². The van der Waals surface area contributed by atoms with Crippen LogP contribution in [0.15, 0.2) is 41.8 Å². The number of rotatable bonds is 4. The van der Waals surface area contributed by atoms with E-state index in [2.05, 4.69) is 10.6 Å². The van der Waals surface area contributed by atoms with Crippen molar-refractivity contribution in [2.24, 2.45) is 0 Å². The van der Waals surface area contributed by atoms with E-state index in [0.29, 0.717) is 16.9 Å². The maximum Gasteiger partial charge on any atom is 0.272 e. The number of nitrogens with zero attached hydrogens (tertiary/aromatic N) is 1. The minimum atomic E-state index is -0.150. The van der Waals surface area contributed by atoms with E-state index < -0.39 is 0 Å². The van der Waals surface area contributed by atoms with Crippen molar-refractivity contribution in [3.63, 3.8) is 0 Å². The molecule has 2 aromatic heterocycles. The lowest BCUT2D eigenvalue weighted by Gasteiger charge is -2.09. The summed E-state index contributed by atoms with van der Waals surface area (Å²) in [4.78, 5) is 24.1. The van der Waals surface area contributed by atoms with E-state index in [-0.39, 0.29) is 11.8 Å². The molecule has 0 atom stereocenters. The topological polar surface area (TPSA) is 63.1 Å². The van der Waals surface area contributed by atoms with E-state index in [1.807, 2.05) is 29.0 Å². The Morgan fingerprint density at radius 1 is 1.13 bits per heavy atom. The van der Waals surface area contributed by atoms with Crippen molar-refractivity contribution < 1.29 is 9.59 Å². The van der Waals surface area contributed by atoms with Gasteiger partial charge in [0.15, 0.2) is 0 Å². The SMILES string of the molecule is CCn1c(C(=O)Nc2ccc(C(=O)NC)cc2)cc2sccc21. The summed E-state index contributed by atoms with van der Waals surface area (Å²) in [5.41, 5.74) is 2.94. The van der Waals surface area contributed by atoms with Crippen LogP contribution in [0.25, 0.3) is 10.2 Å². The van der Waals surface area contributed by atoms with E-state index in [1.54, 1.807) is 42.6 Å². The van der Waals surface area contributed by atoms with E-state index >= 15 is 0 Å². The first-order chi connectivity index (χ1) is 11.1. The number of amides is 2. The van der Waals surface area contributed by atoms with Crippen LogP contribution in [0, 0.1) is 0 Å². The average molecular weight is 327 g/mol. The van der Waals surface area contributed by atoms with Crippen LogP contribution >= 0.6 is 11.3 Å². The lowest BCUT2D eigenvalue weighted by Crippen LogP contribution is -2.18. The number of nitrogens with one attached hydrogen (secondary N) is 2. The molecule has 5 nitrogen and oxygen atoms in total.